The van der Waals surface area contributed by atoms with E-state index < -0.39 is 0 Å². The van der Waals surface area contributed by atoms with E-state index in [1.165, 1.54) is 11.9 Å². The summed E-state index contributed by atoms with van der Waals surface area (Å²) in [5.74, 6) is 1.19. The highest BCUT2D eigenvalue weighted by atomic mass is 16.5. The first-order valence-corrected chi connectivity index (χ1v) is 4.60. The minimum Gasteiger partial charge on any atom is -0.481 e. The number of aromatic nitrogens is 3. The molecule has 2 heterocycles. The zero-order valence-electron chi connectivity index (χ0n) is 8.56. The van der Waals surface area contributed by atoms with Crippen LogP contribution in [-0.2, 0) is 0 Å². The van der Waals surface area contributed by atoms with Gasteiger partial charge in [0.25, 0.3) is 0 Å². The number of rotatable bonds is 2. The van der Waals surface area contributed by atoms with Gasteiger partial charge in [-0.05, 0) is 17.5 Å². The third-order valence-electron chi connectivity index (χ3n) is 2.24. The van der Waals surface area contributed by atoms with Gasteiger partial charge in [0.1, 0.15) is 6.33 Å². The molecular weight excluding hydrogens is 178 g/mol. The predicted molar refractivity (Wildman–Crippen MR) is 53.6 cm³/mol. The highest BCUT2D eigenvalue weighted by Gasteiger charge is 2.07. The van der Waals surface area contributed by atoms with Gasteiger partial charge in [-0.1, -0.05) is 13.8 Å². The molecular formula is C10H13N3O. The second kappa shape index (κ2) is 3.29. The maximum absolute atomic E-state index is 5.24. The van der Waals surface area contributed by atoms with E-state index in [9.17, 15) is 0 Å². The molecule has 0 aromatic carbocycles. The van der Waals surface area contributed by atoms with Gasteiger partial charge < -0.3 is 4.74 Å². The van der Waals surface area contributed by atoms with Crippen LogP contribution in [0.2, 0.25) is 0 Å². The molecule has 2 rings (SSSR count). The maximum Gasteiger partial charge on any atom is 0.216 e. The molecule has 2 aromatic heterocycles. The van der Waals surface area contributed by atoms with Gasteiger partial charge in [0.15, 0.2) is 5.65 Å². The van der Waals surface area contributed by atoms with Crippen molar-refractivity contribution in [3.8, 4) is 5.88 Å². The van der Waals surface area contributed by atoms with Crippen molar-refractivity contribution < 1.29 is 4.74 Å². The summed E-state index contributed by atoms with van der Waals surface area (Å²) < 4.78 is 6.92. The van der Waals surface area contributed by atoms with Crippen LogP contribution >= 0.6 is 0 Å². The Hall–Kier alpha value is -1.58. The van der Waals surface area contributed by atoms with E-state index in [1.54, 1.807) is 11.6 Å². The van der Waals surface area contributed by atoms with E-state index in [0.29, 0.717) is 5.92 Å². The highest BCUT2D eigenvalue weighted by Crippen LogP contribution is 2.21. The van der Waals surface area contributed by atoms with Crippen LogP contribution in [0, 0.1) is 0 Å². The quantitative estimate of drug-likeness (QED) is 0.727. The van der Waals surface area contributed by atoms with Crippen LogP contribution in [0.15, 0.2) is 18.5 Å². The molecule has 4 heteroatoms. The Morgan fingerprint density at radius 2 is 2.14 bits per heavy atom. The smallest absolute Gasteiger partial charge is 0.216 e. The first-order chi connectivity index (χ1) is 6.72. The summed E-state index contributed by atoms with van der Waals surface area (Å²) >= 11 is 0. The van der Waals surface area contributed by atoms with Crippen LogP contribution in [0.3, 0.4) is 0 Å². The van der Waals surface area contributed by atoms with E-state index in [1.807, 2.05) is 12.1 Å². The Kier molecular flexibility index (Phi) is 2.11. The van der Waals surface area contributed by atoms with Crippen LogP contribution in [-0.4, -0.2) is 21.7 Å². The van der Waals surface area contributed by atoms with Gasteiger partial charge in [-0.25, -0.2) is 4.98 Å². The van der Waals surface area contributed by atoms with E-state index in [4.69, 9.17) is 4.74 Å². The van der Waals surface area contributed by atoms with Crippen molar-refractivity contribution in [1.29, 1.82) is 0 Å². The maximum atomic E-state index is 5.24. The lowest BCUT2D eigenvalue weighted by Crippen LogP contribution is -1.98. The minimum absolute atomic E-state index is 0.464. The fraction of sp³-hybridized carbons (Fsp3) is 0.400. The molecule has 0 aliphatic rings. The summed E-state index contributed by atoms with van der Waals surface area (Å²) in [5.41, 5.74) is 2.04. The first kappa shape index (κ1) is 8.99. The molecule has 0 unspecified atom stereocenters. The van der Waals surface area contributed by atoms with Gasteiger partial charge in [-0.3, -0.25) is 0 Å². The lowest BCUT2D eigenvalue weighted by molar-refractivity contribution is 0.385. The molecule has 0 atom stereocenters. The fourth-order valence-corrected chi connectivity index (χ4v) is 1.39. The first-order valence-electron chi connectivity index (χ1n) is 4.60. The van der Waals surface area contributed by atoms with Crippen molar-refractivity contribution in [2.75, 3.05) is 7.11 Å². The van der Waals surface area contributed by atoms with Crippen LogP contribution in [0.5, 0.6) is 5.88 Å². The summed E-state index contributed by atoms with van der Waals surface area (Å²) in [4.78, 5) is 4.14. The Labute approximate surface area is 82.5 Å². The summed E-state index contributed by atoms with van der Waals surface area (Å²) in [7, 11) is 1.64. The molecule has 74 valence electrons. The summed E-state index contributed by atoms with van der Waals surface area (Å²) in [6.45, 7) is 4.28. The Morgan fingerprint density at radius 1 is 1.36 bits per heavy atom. The Bertz CT molecular complexity index is 448. The predicted octanol–water partition coefficient (Wildman–Crippen LogP) is 1.86. The van der Waals surface area contributed by atoms with E-state index >= 15 is 0 Å². The van der Waals surface area contributed by atoms with Crippen molar-refractivity contribution in [3.05, 3.63) is 24.0 Å². The zero-order chi connectivity index (χ0) is 10.1. The second-order valence-electron chi connectivity index (χ2n) is 3.52. The Balaban J connectivity index is 2.67. The molecule has 0 fully saturated rings. The average Bonchev–Trinajstić information content (AvgIpc) is 2.63. The molecule has 2 aromatic rings. The van der Waals surface area contributed by atoms with Crippen molar-refractivity contribution in [2.45, 2.75) is 19.8 Å². The molecule has 0 spiro atoms. The molecule has 0 saturated heterocycles. The number of fused-ring (bicyclic) bond motifs is 1. The molecule has 0 bridgehead atoms. The number of ether oxygens (including phenoxy) is 1. The van der Waals surface area contributed by atoms with Crippen LogP contribution < -0.4 is 4.74 Å². The number of methoxy groups -OCH3 is 1. The van der Waals surface area contributed by atoms with Gasteiger partial charge in [-0.2, -0.15) is 9.61 Å². The number of nitrogens with zero attached hydrogens (tertiary/aromatic N) is 3. The summed E-state index contributed by atoms with van der Waals surface area (Å²) in [6, 6.07) is 4.02. The standard InChI is InChI=1S/C10H13N3O/c1-7(2)8-4-9-11-6-12-13(9)10(5-8)14-3/h4-7H,1-3H3. The molecule has 0 amide bonds. The summed E-state index contributed by atoms with van der Waals surface area (Å²) in [6.07, 6.45) is 1.53. The third-order valence-corrected chi connectivity index (χ3v) is 2.24. The van der Waals surface area contributed by atoms with Crippen molar-refractivity contribution in [2.24, 2.45) is 0 Å². The molecule has 0 aliphatic carbocycles. The van der Waals surface area contributed by atoms with Gasteiger partial charge in [0.05, 0.1) is 7.11 Å². The molecule has 4 nitrogen and oxygen atoms in total. The van der Waals surface area contributed by atoms with Crippen molar-refractivity contribution in [3.63, 3.8) is 0 Å². The lowest BCUT2D eigenvalue weighted by atomic mass is 10.1. The monoisotopic (exact) mass is 191 g/mol. The van der Waals surface area contributed by atoms with Gasteiger partial charge in [0, 0.05) is 6.07 Å². The topological polar surface area (TPSA) is 39.4 Å². The van der Waals surface area contributed by atoms with Crippen LogP contribution in [0.1, 0.15) is 25.3 Å². The van der Waals surface area contributed by atoms with Gasteiger partial charge >= 0.3 is 0 Å². The fourth-order valence-electron chi connectivity index (χ4n) is 1.39. The minimum atomic E-state index is 0.464. The van der Waals surface area contributed by atoms with E-state index in [2.05, 4.69) is 23.9 Å². The van der Waals surface area contributed by atoms with Gasteiger partial charge in [-0.15, -0.1) is 0 Å². The van der Waals surface area contributed by atoms with Crippen molar-refractivity contribution >= 4 is 5.65 Å². The zero-order valence-corrected chi connectivity index (χ0v) is 8.56. The van der Waals surface area contributed by atoms with Crippen LogP contribution in [0.25, 0.3) is 5.65 Å². The largest absolute Gasteiger partial charge is 0.481 e. The van der Waals surface area contributed by atoms with E-state index in [0.717, 1.165) is 11.5 Å². The molecule has 14 heavy (non-hydrogen) atoms. The molecule has 0 saturated carbocycles. The number of hydrogen-bond acceptors (Lipinski definition) is 3. The number of hydrogen-bond donors (Lipinski definition) is 0. The van der Waals surface area contributed by atoms with Gasteiger partial charge in [0.2, 0.25) is 5.88 Å². The summed E-state index contributed by atoms with van der Waals surface area (Å²) in [5, 5.41) is 4.07. The Morgan fingerprint density at radius 3 is 2.79 bits per heavy atom. The highest BCUT2D eigenvalue weighted by molar-refractivity contribution is 5.45. The van der Waals surface area contributed by atoms with E-state index in [-0.39, 0.29) is 0 Å². The molecule has 0 aliphatic heterocycles. The SMILES string of the molecule is COc1cc(C(C)C)cc2ncnn12. The van der Waals surface area contributed by atoms with Crippen LogP contribution in [0.4, 0.5) is 0 Å². The number of pyridine rings is 1. The molecule has 0 radical (unpaired) electrons. The molecule has 0 N–H and O–H groups in total. The average molecular weight is 191 g/mol. The normalized spacial score (nSPS) is 11.1. The van der Waals surface area contributed by atoms with Crippen molar-refractivity contribution in [1.82, 2.24) is 14.6 Å². The lowest BCUT2D eigenvalue weighted by Gasteiger charge is -2.08. The third kappa shape index (κ3) is 1.32. The second-order valence-corrected chi connectivity index (χ2v) is 3.52.